The van der Waals surface area contributed by atoms with Crippen LogP contribution in [-0.2, 0) is 13.1 Å². The Bertz CT molecular complexity index is 622. The van der Waals surface area contributed by atoms with Crippen molar-refractivity contribution in [1.82, 2.24) is 24.5 Å². The largest absolute Gasteiger partial charge is 0.436 e. The molecule has 3 rings (SSSR count). The summed E-state index contributed by atoms with van der Waals surface area (Å²) in [5.74, 6) is -0.200. The average Bonchev–Trinajstić information content (AvgIpc) is 2.92. The molecule has 0 saturated carbocycles. The van der Waals surface area contributed by atoms with Crippen LogP contribution in [-0.4, -0.2) is 35.1 Å². The van der Waals surface area contributed by atoms with E-state index in [1.165, 1.54) is 6.20 Å². The molecule has 1 aliphatic heterocycles. The lowest BCUT2D eigenvalue weighted by Gasteiger charge is -2.21. The topological polar surface area (TPSA) is 101 Å². The quantitative estimate of drug-likeness (QED) is 0.592. The molecule has 1 atom stereocenters. The van der Waals surface area contributed by atoms with Crippen molar-refractivity contribution in [3.8, 4) is 6.01 Å². The van der Waals surface area contributed by atoms with E-state index in [1.807, 2.05) is 20.0 Å². The molecule has 2 aromatic rings. The van der Waals surface area contributed by atoms with Crippen LogP contribution in [0.15, 0.2) is 12.4 Å². The van der Waals surface area contributed by atoms with E-state index in [4.69, 9.17) is 4.74 Å². The molecule has 3 heterocycles. The molecule has 19 heavy (non-hydrogen) atoms. The van der Waals surface area contributed by atoms with Crippen molar-refractivity contribution in [2.24, 2.45) is 0 Å². The van der Waals surface area contributed by atoms with E-state index in [0.717, 1.165) is 5.69 Å². The first-order valence-electron chi connectivity index (χ1n) is 5.72. The van der Waals surface area contributed by atoms with E-state index < -0.39 is 10.5 Å². The number of fused-ring (bicyclic) bond motifs is 1. The van der Waals surface area contributed by atoms with Crippen molar-refractivity contribution < 1.29 is 9.66 Å². The molecule has 0 N–H and O–H groups in total. The Morgan fingerprint density at radius 2 is 2.37 bits per heavy atom. The minimum atomic E-state index is -0.535. The first-order chi connectivity index (χ1) is 8.95. The molecule has 9 nitrogen and oxygen atoms in total. The fourth-order valence-electron chi connectivity index (χ4n) is 2.18. The number of hydrogen-bond acceptors (Lipinski definition) is 6. The Morgan fingerprint density at radius 3 is 2.95 bits per heavy atom. The first-order valence-corrected chi connectivity index (χ1v) is 5.72. The summed E-state index contributed by atoms with van der Waals surface area (Å²) in [4.78, 5) is 13.9. The maximum Gasteiger partial charge on any atom is 0.415 e. The van der Waals surface area contributed by atoms with Crippen molar-refractivity contribution in [1.29, 1.82) is 0 Å². The maximum absolute atomic E-state index is 10.6. The van der Waals surface area contributed by atoms with Crippen LogP contribution in [0, 0.1) is 17.0 Å². The van der Waals surface area contributed by atoms with Crippen molar-refractivity contribution in [3.63, 3.8) is 0 Å². The molecule has 2 aromatic heterocycles. The number of ether oxygens (including phenoxy) is 1. The second-order valence-electron chi connectivity index (χ2n) is 4.88. The lowest BCUT2D eigenvalue weighted by molar-refractivity contribution is -0.389. The third-order valence-electron chi connectivity index (χ3n) is 2.91. The highest BCUT2D eigenvalue weighted by Gasteiger charge is 2.40. The van der Waals surface area contributed by atoms with Gasteiger partial charge in [-0.25, -0.2) is 4.68 Å². The van der Waals surface area contributed by atoms with E-state index >= 15 is 0 Å². The Labute approximate surface area is 108 Å². The zero-order chi connectivity index (χ0) is 13.6. The number of rotatable bonds is 3. The molecule has 0 saturated heterocycles. The molecule has 9 heteroatoms. The van der Waals surface area contributed by atoms with Gasteiger partial charge in [-0.15, -0.1) is 5.10 Å². The number of imidazole rings is 1. The van der Waals surface area contributed by atoms with Gasteiger partial charge < -0.3 is 14.9 Å². The van der Waals surface area contributed by atoms with Crippen LogP contribution in [0.2, 0.25) is 0 Å². The second-order valence-corrected chi connectivity index (χ2v) is 4.88. The number of nitro groups is 1. The molecule has 1 aliphatic rings. The fourth-order valence-corrected chi connectivity index (χ4v) is 2.18. The zero-order valence-electron chi connectivity index (χ0n) is 10.5. The minimum Gasteiger partial charge on any atom is -0.436 e. The Hall–Kier alpha value is -2.45. The Morgan fingerprint density at radius 1 is 1.58 bits per heavy atom. The van der Waals surface area contributed by atoms with Gasteiger partial charge >= 0.3 is 11.8 Å². The van der Waals surface area contributed by atoms with Gasteiger partial charge in [0.25, 0.3) is 0 Å². The highest BCUT2D eigenvalue weighted by atomic mass is 16.6. The summed E-state index contributed by atoms with van der Waals surface area (Å²) in [7, 11) is 0. The van der Waals surface area contributed by atoms with Gasteiger partial charge in [0, 0.05) is 11.2 Å². The van der Waals surface area contributed by atoms with E-state index in [0.29, 0.717) is 13.1 Å². The van der Waals surface area contributed by atoms with Gasteiger partial charge in [0.05, 0.1) is 18.8 Å². The number of aromatic nitrogens is 5. The van der Waals surface area contributed by atoms with Crippen molar-refractivity contribution in [3.05, 3.63) is 28.2 Å². The third-order valence-corrected chi connectivity index (χ3v) is 2.91. The number of nitrogens with zero attached hydrogens (tertiary/aromatic N) is 6. The van der Waals surface area contributed by atoms with Crippen LogP contribution in [0.3, 0.4) is 0 Å². The Balaban J connectivity index is 1.78. The minimum absolute atomic E-state index is 0.200. The van der Waals surface area contributed by atoms with E-state index in [9.17, 15) is 10.1 Å². The van der Waals surface area contributed by atoms with Crippen molar-refractivity contribution in [2.45, 2.75) is 32.5 Å². The molecule has 0 spiro atoms. The summed E-state index contributed by atoms with van der Waals surface area (Å²) >= 11 is 0. The van der Waals surface area contributed by atoms with Gasteiger partial charge in [-0.05, 0) is 18.8 Å². The molecular weight excluding hydrogens is 252 g/mol. The van der Waals surface area contributed by atoms with Gasteiger partial charge in [-0.2, -0.15) is 0 Å². The van der Waals surface area contributed by atoms with Gasteiger partial charge in [0.1, 0.15) is 11.8 Å². The monoisotopic (exact) mass is 264 g/mol. The van der Waals surface area contributed by atoms with Gasteiger partial charge in [-0.1, -0.05) is 5.21 Å². The van der Waals surface area contributed by atoms with Crippen molar-refractivity contribution in [2.75, 3.05) is 0 Å². The summed E-state index contributed by atoms with van der Waals surface area (Å²) in [6, 6.07) is 0.269. The Kier molecular flexibility index (Phi) is 2.31. The average molecular weight is 264 g/mol. The molecule has 0 fully saturated rings. The molecule has 1 unspecified atom stereocenters. The second kappa shape index (κ2) is 3.77. The summed E-state index contributed by atoms with van der Waals surface area (Å²) in [5.41, 5.74) is 0.299. The van der Waals surface area contributed by atoms with Gasteiger partial charge in [-0.3, -0.25) is 4.57 Å². The highest BCUT2D eigenvalue weighted by molar-refractivity contribution is 5.23. The molecule has 100 valence electrons. The smallest absolute Gasteiger partial charge is 0.415 e. The van der Waals surface area contributed by atoms with Crippen LogP contribution in [0.5, 0.6) is 6.01 Å². The van der Waals surface area contributed by atoms with Gasteiger partial charge in [0.15, 0.2) is 0 Å². The van der Waals surface area contributed by atoms with Crippen LogP contribution < -0.4 is 4.74 Å². The fraction of sp³-hybridized carbons (Fsp3) is 0.500. The zero-order valence-corrected chi connectivity index (χ0v) is 10.5. The predicted molar refractivity (Wildman–Crippen MR) is 62.7 cm³/mol. The number of hydrogen-bond donors (Lipinski definition) is 0. The van der Waals surface area contributed by atoms with E-state index in [1.54, 1.807) is 9.25 Å². The van der Waals surface area contributed by atoms with Crippen molar-refractivity contribution >= 4 is 5.82 Å². The first kappa shape index (κ1) is 11.6. The molecular formula is C10H12N6O3. The van der Waals surface area contributed by atoms with Crippen LogP contribution >= 0.6 is 0 Å². The highest BCUT2D eigenvalue weighted by Crippen LogP contribution is 2.31. The molecule has 0 bridgehead atoms. The van der Waals surface area contributed by atoms with Crippen LogP contribution in [0.1, 0.15) is 12.6 Å². The van der Waals surface area contributed by atoms with Crippen LogP contribution in [0.4, 0.5) is 5.82 Å². The third kappa shape index (κ3) is 2.02. The summed E-state index contributed by atoms with van der Waals surface area (Å²) in [5, 5.41) is 18.5. The van der Waals surface area contributed by atoms with E-state index in [2.05, 4.69) is 15.3 Å². The van der Waals surface area contributed by atoms with Crippen LogP contribution in [0.25, 0.3) is 0 Å². The summed E-state index contributed by atoms with van der Waals surface area (Å²) in [6.45, 7) is 4.76. The standard InChI is InChI=1S/C10H12N6O3/c1-7-3-15(13-12-7)6-10(2)5-14-4-8(16(17)18)11-9(14)19-10/h3-4H,5-6H2,1-2H3. The van der Waals surface area contributed by atoms with E-state index in [-0.39, 0.29) is 11.8 Å². The summed E-state index contributed by atoms with van der Waals surface area (Å²) < 4.78 is 9.03. The normalized spacial score (nSPS) is 21.2. The molecule has 0 aromatic carbocycles. The predicted octanol–water partition coefficient (Wildman–Crippen LogP) is 0.543. The molecule has 0 amide bonds. The SMILES string of the molecule is Cc1cn(CC2(C)Cn3cc([N+](=O)[O-])nc3O2)nn1. The molecule has 0 aliphatic carbocycles. The lowest BCUT2D eigenvalue weighted by Crippen LogP contribution is -2.36. The lowest BCUT2D eigenvalue weighted by atomic mass is 10.1. The maximum atomic E-state index is 10.6. The molecule has 0 radical (unpaired) electrons. The van der Waals surface area contributed by atoms with Gasteiger partial charge in [0.2, 0.25) is 0 Å². The summed E-state index contributed by atoms with van der Waals surface area (Å²) in [6.07, 6.45) is 3.20. The number of aryl methyl sites for hydroxylation is 1.